The summed E-state index contributed by atoms with van der Waals surface area (Å²) in [7, 11) is 1.25. The predicted molar refractivity (Wildman–Crippen MR) is 155 cm³/mol. The van der Waals surface area contributed by atoms with Gasteiger partial charge in [-0.3, -0.25) is 9.69 Å². The number of furan rings is 1. The minimum atomic E-state index is -0.811. The van der Waals surface area contributed by atoms with Gasteiger partial charge in [-0.25, -0.2) is 9.59 Å². The van der Waals surface area contributed by atoms with Gasteiger partial charge in [-0.05, 0) is 80.0 Å². The predicted octanol–water partition coefficient (Wildman–Crippen LogP) is 5.34. The van der Waals surface area contributed by atoms with Crippen molar-refractivity contribution >= 4 is 57.2 Å². The van der Waals surface area contributed by atoms with Crippen LogP contribution in [-0.4, -0.2) is 46.0 Å². The van der Waals surface area contributed by atoms with Crippen LogP contribution in [0.15, 0.2) is 48.9 Å². The normalized spacial score (nSPS) is 27.8. The summed E-state index contributed by atoms with van der Waals surface area (Å²) in [5, 5.41) is 11.2. The fourth-order valence-corrected chi connectivity index (χ4v) is 8.75. The van der Waals surface area contributed by atoms with Gasteiger partial charge in [0.15, 0.2) is 6.61 Å². The van der Waals surface area contributed by atoms with Gasteiger partial charge in [-0.2, -0.15) is 0 Å². The lowest BCUT2D eigenvalue weighted by molar-refractivity contribution is -0.142. The second-order valence-electron chi connectivity index (χ2n) is 11.3. The van der Waals surface area contributed by atoms with Crippen molar-refractivity contribution in [2.24, 2.45) is 23.7 Å². The number of methoxy groups -OCH3 is 1. The summed E-state index contributed by atoms with van der Waals surface area (Å²) in [5.74, 6) is 2.41. The van der Waals surface area contributed by atoms with Crippen LogP contribution in [0.2, 0.25) is 0 Å². The fraction of sp³-hybridized carbons (Fsp3) is 0.400. The Bertz CT molecular complexity index is 1660. The number of thiocarbonyl (C=S) groups is 1. The van der Waals surface area contributed by atoms with Crippen LogP contribution < -0.4 is 10.4 Å². The topological polar surface area (TPSA) is 119 Å². The highest BCUT2D eigenvalue weighted by Crippen LogP contribution is 2.56. The van der Waals surface area contributed by atoms with E-state index >= 15 is 0 Å². The smallest absolute Gasteiger partial charge is 0.351 e. The molecule has 0 atom stereocenters. The van der Waals surface area contributed by atoms with E-state index in [2.05, 4.69) is 4.74 Å². The van der Waals surface area contributed by atoms with E-state index in [9.17, 15) is 19.5 Å². The molecular weight excluding hydrogens is 566 g/mol. The summed E-state index contributed by atoms with van der Waals surface area (Å²) < 4.78 is 21.8. The highest BCUT2D eigenvalue weighted by Gasteiger charge is 2.53. The van der Waals surface area contributed by atoms with E-state index in [1.807, 2.05) is 4.90 Å². The van der Waals surface area contributed by atoms with Crippen LogP contribution in [-0.2, 0) is 14.3 Å². The first-order chi connectivity index (χ1) is 19.8. The van der Waals surface area contributed by atoms with E-state index in [1.165, 1.54) is 69.2 Å². The number of rotatable bonds is 6. The molecule has 0 unspecified atom stereocenters. The zero-order chi connectivity index (χ0) is 28.4. The molecule has 5 fully saturated rings. The van der Waals surface area contributed by atoms with Crippen molar-refractivity contribution in [1.29, 1.82) is 0 Å². The maximum Gasteiger partial charge on any atom is 0.351 e. The number of fused-ring (bicyclic) bond motifs is 1. The first kappa shape index (κ1) is 26.3. The lowest BCUT2D eigenvalue weighted by atomic mass is 9.54. The van der Waals surface area contributed by atoms with Gasteiger partial charge < -0.3 is 23.4 Å². The van der Waals surface area contributed by atoms with Gasteiger partial charge in [0.05, 0.1) is 17.4 Å². The molecule has 9 nitrogen and oxygen atoms in total. The van der Waals surface area contributed by atoms with Crippen LogP contribution in [0.5, 0.6) is 11.5 Å². The molecule has 1 aliphatic heterocycles. The molecule has 11 heteroatoms. The zero-order valence-electron chi connectivity index (χ0n) is 22.2. The Morgan fingerprint density at radius 1 is 1.10 bits per heavy atom. The molecule has 4 aliphatic carbocycles. The number of benzene rings is 1. The maximum absolute atomic E-state index is 13.6. The second-order valence-corrected chi connectivity index (χ2v) is 13.0. The number of thioether (sulfide) groups is 1. The van der Waals surface area contributed by atoms with Gasteiger partial charge >= 0.3 is 11.6 Å². The number of carbonyl (C=O) groups excluding carboxylic acids is 2. The Balaban J connectivity index is 1.13. The Morgan fingerprint density at radius 2 is 1.83 bits per heavy atom. The van der Waals surface area contributed by atoms with Gasteiger partial charge in [0.2, 0.25) is 0 Å². The molecule has 1 N–H and O–H groups in total. The van der Waals surface area contributed by atoms with E-state index in [1.54, 1.807) is 18.2 Å². The summed E-state index contributed by atoms with van der Waals surface area (Å²) in [6.45, 7) is -0.312. The molecule has 0 radical (unpaired) electrons. The SMILES string of the molecule is COC(=O)COc1ccc2c(O)c(-c3ccc(/C=C4\SC(=S)N(C5C6CC7CC(C6)CC5C7)C4=O)o3)c(=O)oc2c1. The number of hydrogen-bond acceptors (Lipinski definition) is 10. The average Bonchev–Trinajstić information content (AvgIpc) is 3.50. The molecule has 5 aliphatic rings. The zero-order valence-corrected chi connectivity index (χ0v) is 23.8. The second kappa shape index (κ2) is 10.1. The van der Waals surface area contributed by atoms with Gasteiger partial charge in [0, 0.05) is 18.2 Å². The number of ether oxygens (including phenoxy) is 2. The lowest BCUT2D eigenvalue weighted by Gasteiger charge is -2.56. The number of aromatic hydroxyl groups is 1. The molecule has 3 aromatic rings. The van der Waals surface area contributed by atoms with Crippen LogP contribution in [0, 0.1) is 23.7 Å². The first-order valence-electron chi connectivity index (χ1n) is 13.7. The summed E-state index contributed by atoms with van der Waals surface area (Å²) >= 11 is 6.97. The molecular formula is C30H27NO8S2. The van der Waals surface area contributed by atoms with E-state index < -0.39 is 11.6 Å². The van der Waals surface area contributed by atoms with Crippen LogP contribution in [0.1, 0.15) is 37.9 Å². The van der Waals surface area contributed by atoms with Gasteiger partial charge in [-0.15, -0.1) is 0 Å². The Kier molecular flexibility index (Phi) is 6.46. The van der Waals surface area contributed by atoms with Gasteiger partial charge in [-0.1, -0.05) is 24.0 Å². The van der Waals surface area contributed by atoms with Crippen LogP contribution >= 0.6 is 24.0 Å². The monoisotopic (exact) mass is 593 g/mol. The van der Waals surface area contributed by atoms with Crippen LogP contribution in [0.3, 0.4) is 0 Å². The number of esters is 1. The van der Waals surface area contributed by atoms with Crippen molar-refractivity contribution in [3.8, 4) is 22.8 Å². The fourth-order valence-electron chi connectivity index (χ4n) is 7.42. The number of nitrogens with zero attached hydrogens (tertiary/aromatic N) is 1. The molecule has 3 heterocycles. The quantitative estimate of drug-likeness (QED) is 0.174. The summed E-state index contributed by atoms with van der Waals surface area (Å²) in [4.78, 5) is 40.1. The molecule has 1 amide bonds. The third kappa shape index (κ3) is 4.55. The first-order valence-corrected chi connectivity index (χ1v) is 14.9. The lowest BCUT2D eigenvalue weighted by Crippen LogP contribution is -2.57. The molecule has 4 saturated carbocycles. The number of hydrogen-bond donors (Lipinski definition) is 1. The molecule has 1 saturated heterocycles. The minimum Gasteiger partial charge on any atom is -0.506 e. The summed E-state index contributed by atoms with van der Waals surface area (Å²) in [5.41, 5.74) is -0.866. The van der Waals surface area contributed by atoms with E-state index in [-0.39, 0.29) is 52.3 Å². The summed E-state index contributed by atoms with van der Waals surface area (Å²) in [6.07, 6.45) is 7.74. The highest BCUT2D eigenvalue weighted by atomic mass is 32.2. The molecule has 0 spiro atoms. The Morgan fingerprint density at radius 3 is 2.54 bits per heavy atom. The average molecular weight is 594 g/mol. The van der Waals surface area contributed by atoms with Gasteiger partial charge in [0.25, 0.3) is 5.91 Å². The number of amides is 1. The Labute approximate surface area is 244 Å². The van der Waals surface area contributed by atoms with E-state index in [4.69, 9.17) is 25.8 Å². The van der Waals surface area contributed by atoms with Crippen molar-refractivity contribution < 1.29 is 33.0 Å². The third-order valence-corrected chi connectivity index (χ3v) is 10.2. The van der Waals surface area contributed by atoms with Crippen molar-refractivity contribution in [3.05, 3.63) is 51.4 Å². The molecule has 8 rings (SSSR count). The Hall–Kier alpha value is -3.57. The van der Waals surface area contributed by atoms with Crippen molar-refractivity contribution in [2.45, 2.75) is 38.1 Å². The minimum absolute atomic E-state index is 0.0823. The van der Waals surface area contributed by atoms with Gasteiger partial charge in [0.1, 0.15) is 38.5 Å². The summed E-state index contributed by atoms with van der Waals surface area (Å²) in [6, 6.07) is 7.83. The molecule has 212 valence electrons. The highest BCUT2D eigenvalue weighted by molar-refractivity contribution is 8.26. The molecule has 1 aromatic carbocycles. The number of carbonyl (C=O) groups is 2. The molecule has 4 bridgehead atoms. The molecule has 2 aromatic heterocycles. The van der Waals surface area contributed by atoms with Crippen LogP contribution in [0.25, 0.3) is 28.4 Å². The van der Waals surface area contributed by atoms with Crippen molar-refractivity contribution in [2.75, 3.05) is 13.7 Å². The molecule has 41 heavy (non-hydrogen) atoms. The van der Waals surface area contributed by atoms with Crippen molar-refractivity contribution in [1.82, 2.24) is 4.90 Å². The van der Waals surface area contributed by atoms with E-state index in [0.717, 1.165) is 11.8 Å². The van der Waals surface area contributed by atoms with Crippen molar-refractivity contribution in [3.63, 3.8) is 0 Å². The maximum atomic E-state index is 13.6. The van der Waals surface area contributed by atoms with Crippen LogP contribution in [0.4, 0.5) is 0 Å². The van der Waals surface area contributed by atoms with E-state index in [0.29, 0.717) is 26.8 Å². The largest absolute Gasteiger partial charge is 0.506 e. The standard InChI is InChI=1S/C30H27NO8S2/c1-36-24(32)13-37-18-2-4-20-22(11-18)39-29(35)25(27(20)33)21-5-3-19(38-21)12-23-28(34)31(30(40)41-23)26-16-7-14-6-15(9-16)10-17(26)8-14/h2-5,11-12,14-17,26,33H,6-10,13H2,1H3/b23-12-. The third-order valence-electron chi connectivity index (χ3n) is 8.88.